The molecule has 5 heteroatoms. The summed E-state index contributed by atoms with van der Waals surface area (Å²) in [7, 11) is 0. The molecule has 19 heavy (non-hydrogen) atoms. The third kappa shape index (κ3) is 3.33. The van der Waals surface area contributed by atoms with Gasteiger partial charge in [0.15, 0.2) is 0 Å². The predicted octanol–water partition coefficient (Wildman–Crippen LogP) is 4.58. The van der Waals surface area contributed by atoms with Crippen LogP contribution in [0.15, 0.2) is 46.9 Å². The Morgan fingerprint density at radius 2 is 1.89 bits per heavy atom. The Morgan fingerprint density at radius 3 is 2.47 bits per heavy atom. The minimum atomic E-state index is -0.486. The lowest BCUT2D eigenvalue weighted by molar-refractivity contribution is 0.102. The van der Waals surface area contributed by atoms with Crippen molar-refractivity contribution in [1.82, 2.24) is 0 Å². The lowest BCUT2D eigenvalue weighted by Crippen LogP contribution is -2.13. The number of carbonyl (C=O) groups excluding carboxylic acids is 1. The van der Waals surface area contributed by atoms with Crippen molar-refractivity contribution in [1.29, 1.82) is 0 Å². The number of anilines is 1. The lowest BCUT2D eigenvalue weighted by Gasteiger charge is -2.08. The van der Waals surface area contributed by atoms with E-state index >= 15 is 0 Å². The maximum atomic E-state index is 13.6. The molecule has 0 atom stereocenters. The van der Waals surface area contributed by atoms with E-state index in [-0.39, 0.29) is 11.6 Å². The van der Waals surface area contributed by atoms with Gasteiger partial charge in [0.2, 0.25) is 0 Å². The van der Waals surface area contributed by atoms with E-state index in [1.807, 2.05) is 0 Å². The van der Waals surface area contributed by atoms with Crippen molar-refractivity contribution in [2.75, 3.05) is 5.32 Å². The van der Waals surface area contributed by atoms with Crippen molar-refractivity contribution >= 4 is 39.1 Å². The van der Waals surface area contributed by atoms with Gasteiger partial charge in [-0.1, -0.05) is 18.2 Å². The van der Waals surface area contributed by atoms with Gasteiger partial charge >= 0.3 is 0 Å². The van der Waals surface area contributed by atoms with Crippen LogP contribution in [0, 0.1) is 5.82 Å². The highest BCUT2D eigenvalue weighted by atomic mass is 79.9. The first-order valence-electron chi connectivity index (χ1n) is 5.52. The first-order valence-corrected chi connectivity index (χ1v) is 6.85. The maximum absolute atomic E-state index is 13.6. The molecule has 0 spiro atoms. The van der Waals surface area contributed by atoms with Crippen molar-refractivity contribution in [2.45, 2.75) is 5.88 Å². The number of hydrogen-bond acceptors (Lipinski definition) is 1. The lowest BCUT2D eigenvalue weighted by atomic mass is 10.1. The number of nitrogens with one attached hydrogen (secondary N) is 1. The van der Waals surface area contributed by atoms with Crippen LogP contribution in [0.5, 0.6) is 0 Å². The van der Waals surface area contributed by atoms with E-state index in [9.17, 15) is 9.18 Å². The zero-order valence-electron chi connectivity index (χ0n) is 9.79. The highest BCUT2D eigenvalue weighted by Gasteiger charge is 2.11. The number of para-hydroxylation sites is 1. The van der Waals surface area contributed by atoms with E-state index in [1.54, 1.807) is 36.4 Å². The Kier molecular flexibility index (Phi) is 4.56. The van der Waals surface area contributed by atoms with E-state index in [0.29, 0.717) is 15.9 Å². The number of carbonyl (C=O) groups is 1. The summed E-state index contributed by atoms with van der Waals surface area (Å²) in [5.41, 5.74) is 1.50. The maximum Gasteiger partial charge on any atom is 0.255 e. The molecule has 0 aliphatic rings. The van der Waals surface area contributed by atoms with Gasteiger partial charge in [-0.25, -0.2) is 4.39 Å². The quantitative estimate of drug-likeness (QED) is 0.813. The first-order chi connectivity index (χ1) is 9.11. The molecule has 0 saturated heterocycles. The van der Waals surface area contributed by atoms with Crippen molar-refractivity contribution in [3.05, 3.63) is 63.9 Å². The summed E-state index contributed by atoms with van der Waals surface area (Å²) in [6.45, 7) is 0. The number of rotatable bonds is 3. The van der Waals surface area contributed by atoms with Gasteiger partial charge < -0.3 is 5.32 Å². The topological polar surface area (TPSA) is 29.1 Å². The SMILES string of the molecule is O=C(Nc1c(F)cccc1Br)c1ccc(CCl)cc1. The zero-order valence-corrected chi connectivity index (χ0v) is 12.1. The second-order valence-corrected chi connectivity index (χ2v) is 5.00. The molecule has 2 aromatic carbocycles. The Balaban J connectivity index is 2.20. The molecule has 0 aromatic heterocycles. The third-order valence-electron chi connectivity index (χ3n) is 2.57. The predicted molar refractivity (Wildman–Crippen MR) is 78.1 cm³/mol. The van der Waals surface area contributed by atoms with Crippen LogP contribution in [0.25, 0.3) is 0 Å². The van der Waals surface area contributed by atoms with Crippen LogP contribution in [0.4, 0.5) is 10.1 Å². The molecule has 0 heterocycles. The molecule has 98 valence electrons. The largest absolute Gasteiger partial charge is 0.319 e. The summed E-state index contributed by atoms with van der Waals surface area (Å²) in [4.78, 5) is 12.0. The van der Waals surface area contributed by atoms with Crippen molar-refractivity contribution in [3.8, 4) is 0 Å². The number of hydrogen-bond donors (Lipinski definition) is 1. The third-order valence-corrected chi connectivity index (χ3v) is 3.54. The van der Waals surface area contributed by atoms with Crippen LogP contribution in [0.1, 0.15) is 15.9 Å². The van der Waals surface area contributed by atoms with Crippen molar-refractivity contribution < 1.29 is 9.18 Å². The summed E-state index contributed by atoms with van der Waals surface area (Å²) in [5.74, 6) is -0.465. The molecule has 0 aliphatic carbocycles. The molecule has 2 rings (SSSR count). The molecule has 2 nitrogen and oxygen atoms in total. The zero-order chi connectivity index (χ0) is 13.8. The fraction of sp³-hybridized carbons (Fsp3) is 0.0714. The molecular formula is C14H10BrClFNO. The molecule has 0 radical (unpaired) electrons. The fourth-order valence-electron chi connectivity index (χ4n) is 1.55. The van der Waals surface area contributed by atoms with Gasteiger partial charge in [-0.15, -0.1) is 11.6 Å². The summed E-state index contributed by atoms with van der Waals surface area (Å²) in [6, 6.07) is 11.3. The molecule has 0 aliphatic heterocycles. The Bertz CT molecular complexity index is 581. The van der Waals surface area contributed by atoms with Gasteiger partial charge in [0.05, 0.1) is 5.69 Å². The smallest absolute Gasteiger partial charge is 0.255 e. The van der Waals surface area contributed by atoms with Gasteiger partial charge in [0.25, 0.3) is 5.91 Å². The standard InChI is InChI=1S/C14H10BrClFNO/c15-11-2-1-3-12(17)13(11)18-14(19)10-6-4-9(8-16)5-7-10/h1-7H,8H2,(H,18,19). The van der Waals surface area contributed by atoms with Gasteiger partial charge in [-0.3, -0.25) is 4.79 Å². The minimum Gasteiger partial charge on any atom is -0.319 e. The monoisotopic (exact) mass is 341 g/mol. The van der Waals surface area contributed by atoms with Crippen LogP contribution in [-0.2, 0) is 5.88 Å². The van der Waals surface area contributed by atoms with E-state index in [2.05, 4.69) is 21.2 Å². The van der Waals surface area contributed by atoms with Crippen molar-refractivity contribution in [2.24, 2.45) is 0 Å². The van der Waals surface area contributed by atoms with E-state index in [0.717, 1.165) is 5.56 Å². The molecule has 0 bridgehead atoms. The average molecular weight is 343 g/mol. The van der Waals surface area contributed by atoms with Crippen LogP contribution in [0.3, 0.4) is 0 Å². The van der Waals surface area contributed by atoms with Gasteiger partial charge in [0.1, 0.15) is 5.82 Å². The molecule has 0 unspecified atom stereocenters. The highest BCUT2D eigenvalue weighted by molar-refractivity contribution is 9.10. The van der Waals surface area contributed by atoms with Crippen LogP contribution in [0.2, 0.25) is 0 Å². The van der Waals surface area contributed by atoms with Crippen LogP contribution >= 0.6 is 27.5 Å². The summed E-state index contributed by atoms with van der Waals surface area (Å²) in [5, 5.41) is 2.54. The molecule has 1 amide bonds. The van der Waals surface area contributed by atoms with Gasteiger partial charge in [-0.2, -0.15) is 0 Å². The molecule has 1 N–H and O–H groups in total. The van der Waals surface area contributed by atoms with Gasteiger partial charge in [0, 0.05) is 15.9 Å². The van der Waals surface area contributed by atoms with E-state index in [4.69, 9.17) is 11.6 Å². The first kappa shape index (κ1) is 14.0. The Morgan fingerprint density at radius 1 is 1.21 bits per heavy atom. The minimum absolute atomic E-state index is 0.133. The second kappa shape index (κ2) is 6.17. The summed E-state index contributed by atoms with van der Waals surface area (Å²) < 4.78 is 14.1. The highest BCUT2D eigenvalue weighted by Crippen LogP contribution is 2.25. The average Bonchev–Trinajstić information content (AvgIpc) is 2.43. The number of alkyl halides is 1. The number of benzene rings is 2. The van der Waals surface area contributed by atoms with E-state index < -0.39 is 5.82 Å². The molecule has 0 fully saturated rings. The molecule has 2 aromatic rings. The number of amides is 1. The van der Waals surface area contributed by atoms with Crippen LogP contribution < -0.4 is 5.32 Å². The molecular weight excluding hydrogens is 333 g/mol. The van der Waals surface area contributed by atoms with Crippen LogP contribution in [-0.4, -0.2) is 5.91 Å². The Labute approximate surface area is 123 Å². The van der Waals surface area contributed by atoms with Gasteiger partial charge in [-0.05, 0) is 45.8 Å². The normalized spacial score (nSPS) is 10.3. The molecule has 0 saturated carbocycles. The summed E-state index contributed by atoms with van der Waals surface area (Å²) >= 11 is 8.87. The summed E-state index contributed by atoms with van der Waals surface area (Å²) in [6.07, 6.45) is 0. The second-order valence-electron chi connectivity index (χ2n) is 3.88. The van der Waals surface area contributed by atoms with E-state index in [1.165, 1.54) is 6.07 Å². The Hall–Kier alpha value is -1.39. The fourth-order valence-corrected chi connectivity index (χ4v) is 2.17. The number of halogens is 3. The van der Waals surface area contributed by atoms with Crippen molar-refractivity contribution in [3.63, 3.8) is 0 Å².